The fraction of sp³-hybridized carbons (Fsp3) is 0.222. The molecule has 2 rings (SSSR count). The van der Waals surface area contributed by atoms with Crippen molar-refractivity contribution in [3.8, 4) is 0 Å². The molecular weight excluding hydrogens is 493 g/mol. The molecule has 27 heavy (non-hydrogen) atoms. The Morgan fingerprint density at radius 1 is 1.07 bits per heavy atom. The minimum atomic E-state index is -1.82. The van der Waals surface area contributed by atoms with Crippen LogP contribution in [0.5, 0.6) is 0 Å². The molecule has 1 atom stereocenters. The van der Waals surface area contributed by atoms with Crippen LogP contribution in [0.3, 0.4) is 0 Å². The lowest BCUT2D eigenvalue weighted by molar-refractivity contribution is 0.0934. The maximum Gasteiger partial charge on any atom is 0.253 e. The Labute approximate surface area is 187 Å². The number of hydrogen-bond donors (Lipinski definition) is 3. The van der Waals surface area contributed by atoms with Gasteiger partial charge in [-0.1, -0.05) is 62.9 Å². The molecule has 2 aromatic rings. The number of amides is 1. The summed E-state index contributed by atoms with van der Waals surface area (Å²) >= 11 is 26.6. The summed E-state index contributed by atoms with van der Waals surface area (Å²) in [5.74, 6) is -0.408. The van der Waals surface area contributed by atoms with E-state index in [-0.39, 0.29) is 5.11 Å². The highest BCUT2D eigenvalue weighted by atomic mass is 79.9. The van der Waals surface area contributed by atoms with Crippen molar-refractivity contribution < 1.29 is 4.79 Å². The Hall–Kier alpha value is -1.05. The number of halogens is 4. The number of carbonyl (C=O) groups is 1. The zero-order valence-corrected chi connectivity index (χ0v) is 19.1. The molecule has 0 radical (unpaired) electrons. The van der Waals surface area contributed by atoms with Gasteiger partial charge in [-0.2, -0.15) is 0 Å². The minimum absolute atomic E-state index is 0.212. The lowest BCUT2D eigenvalue weighted by atomic mass is 10.1. The van der Waals surface area contributed by atoms with Gasteiger partial charge in [0.15, 0.2) is 5.11 Å². The summed E-state index contributed by atoms with van der Waals surface area (Å²) in [7, 11) is 0. The van der Waals surface area contributed by atoms with Crippen LogP contribution in [0.4, 0.5) is 5.69 Å². The van der Waals surface area contributed by atoms with E-state index in [9.17, 15) is 4.79 Å². The molecule has 144 valence electrons. The standard InChI is InChI=1S/C18H17BrCl3N3OS/c1-10-6-7-14(8-11(10)2)23-17(27)25-16(18(20,21)22)24-15(26)12-4-3-5-13(19)9-12/h3-9,16H,1-2H3,(H,24,26)(H2,23,25,27). The van der Waals surface area contributed by atoms with Crippen molar-refractivity contribution in [1.82, 2.24) is 10.6 Å². The Balaban J connectivity index is 2.08. The summed E-state index contributed by atoms with van der Waals surface area (Å²) in [6, 6.07) is 12.7. The predicted molar refractivity (Wildman–Crippen MR) is 121 cm³/mol. The van der Waals surface area contributed by atoms with Gasteiger partial charge in [0.1, 0.15) is 6.17 Å². The monoisotopic (exact) mass is 507 g/mol. The van der Waals surface area contributed by atoms with Crippen LogP contribution in [0.25, 0.3) is 0 Å². The lowest BCUT2D eigenvalue weighted by Gasteiger charge is -2.28. The first-order chi connectivity index (χ1) is 12.6. The molecule has 1 unspecified atom stereocenters. The predicted octanol–water partition coefficient (Wildman–Crippen LogP) is 5.48. The van der Waals surface area contributed by atoms with E-state index >= 15 is 0 Å². The number of aryl methyl sites for hydroxylation is 2. The van der Waals surface area contributed by atoms with Gasteiger partial charge < -0.3 is 16.0 Å². The number of carbonyl (C=O) groups excluding carboxylic acids is 1. The van der Waals surface area contributed by atoms with Gasteiger partial charge in [-0.15, -0.1) is 0 Å². The molecule has 0 heterocycles. The van der Waals surface area contributed by atoms with E-state index in [0.717, 1.165) is 15.7 Å². The highest BCUT2D eigenvalue weighted by molar-refractivity contribution is 9.10. The Kier molecular flexibility index (Phi) is 7.77. The number of alkyl halides is 3. The Bertz CT molecular complexity index is 858. The molecule has 0 fully saturated rings. The second kappa shape index (κ2) is 9.43. The van der Waals surface area contributed by atoms with E-state index in [1.54, 1.807) is 18.2 Å². The highest BCUT2D eigenvalue weighted by Crippen LogP contribution is 2.29. The third-order valence-corrected chi connectivity index (χ3v) is 5.10. The number of nitrogens with one attached hydrogen (secondary N) is 3. The molecule has 0 aliphatic rings. The van der Waals surface area contributed by atoms with Crippen LogP contribution < -0.4 is 16.0 Å². The summed E-state index contributed by atoms with van der Waals surface area (Å²) in [5.41, 5.74) is 3.49. The minimum Gasteiger partial charge on any atom is -0.339 e. The molecule has 9 heteroatoms. The summed E-state index contributed by atoms with van der Waals surface area (Å²) in [6.07, 6.45) is -1.04. The molecule has 3 N–H and O–H groups in total. The number of benzene rings is 2. The van der Waals surface area contributed by atoms with Crippen LogP contribution in [-0.4, -0.2) is 21.0 Å². The van der Waals surface area contributed by atoms with E-state index in [1.165, 1.54) is 5.56 Å². The molecule has 0 aromatic heterocycles. The zero-order chi connectivity index (χ0) is 20.2. The van der Waals surface area contributed by atoms with Crippen LogP contribution in [0.15, 0.2) is 46.9 Å². The highest BCUT2D eigenvalue weighted by Gasteiger charge is 2.34. The molecule has 0 spiro atoms. The molecule has 4 nitrogen and oxygen atoms in total. The lowest BCUT2D eigenvalue weighted by Crippen LogP contribution is -2.56. The normalized spacial score (nSPS) is 12.2. The van der Waals surface area contributed by atoms with Crippen molar-refractivity contribution in [2.75, 3.05) is 5.32 Å². The Morgan fingerprint density at radius 3 is 2.37 bits per heavy atom. The van der Waals surface area contributed by atoms with Gasteiger partial charge >= 0.3 is 0 Å². The summed E-state index contributed by atoms with van der Waals surface area (Å²) < 4.78 is -1.06. The van der Waals surface area contributed by atoms with Crippen molar-refractivity contribution in [1.29, 1.82) is 0 Å². The van der Waals surface area contributed by atoms with Gasteiger partial charge in [0.2, 0.25) is 3.79 Å². The van der Waals surface area contributed by atoms with Crippen molar-refractivity contribution in [3.63, 3.8) is 0 Å². The SMILES string of the molecule is Cc1ccc(NC(=S)NC(NC(=O)c2cccc(Br)c2)C(Cl)(Cl)Cl)cc1C. The molecule has 0 saturated heterocycles. The average Bonchev–Trinajstić information content (AvgIpc) is 2.56. The van der Waals surface area contributed by atoms with Crippen molar-refractivity contribution in [2.24, 2.45) is 0 Å². The van der Waals surface area contributed by atoms with E-state index in [2.05, 4.69) is 31.9 Å². The van der Waals surface area contributed by atoms with Gasteiger partial charge in [0.25, 0.3) is 5.91 Å². The van der Waals surface area contributed by atoms with Gasteiger partial charge in [-0.3, -0.25) is 4.79 Å². The van der Waals surface area contributed by atoms with Crippen molar-refractivity contribution in [2.45, 2.75) is 23.8 Å². The van der Waals surface area contributed by atoms with Crippen LogP contribution in [0.2, 0.25) is 0 Å². The quantitative estimate of drug-likeness (QED) is 0.290. The number of anilines is 1. The summed E-state index contributed by atoms with van der Waals surface area (Å²) in [6.45, 7) is 4.02. The van der Waals surface area contributed by atoms with Gasteiger partial charge in [0.05, 0.1) is 0 Å². The number of hydrogen-bond acceptors (Lipinski definition) is 2. The Morgan fingerprint density at radius 2 is 1.78 bits per heavy atom. The fourth-order valence-corrected chi connectivity index (χ4v) is 3.12. The van der Waals surface area contributed by atoms with E-state index < -0.39 is 15.9 Å². The fourth-order valence-electron chi connectivity index (χ4n) is 2.16. The molecule has 0 aliphatic heterocycles. The first-order valence-corrected chi connectivity index (χ1v) is 10.2. The largest absolute Gasteiger partial charge is 0.339 e. The van der Waals surface area contributed by atoms with Gasteiger partial charge in [-0.25, -0.2) is 0 Å². The summed E-state index contributed by atoms with van der Waals surface area (Å²) in [5, 5.41) is 8.71. The summed E-state index contributed by atoms with van der Waals surface area (Å²) in [4.78, 5) is 12.5. The molecule has 0 saturated carbocycles. The smallest absolute Gasteiger partial charge is 0.253 e. The molecule has 1 amide bonds. The number of thiocarbonyl (C=S) groups is 1. The van der Waals surface area contributed by atoms with Crippen LogP contribution in [0, 0.1) is 13.8 Å². The third-order valence-electron chi connectivity index (χ3n) is 3.73. The molecule has 0 aliphatic carbocycles. The third kappa shape index (κ3) is 6.80. The maximum absolute atomic E-state index is 12.5. The van der Waals surface area contributed by atoms with Crippen molar-refractivity contribution >= 4 is 79.7 Å². The number of rotatable bonds is 4. The van der Waals surface area contributed by atoms with E-state index in [0.29, 0.717) is 5.56 Å². The maximum atomic E-state index is 12.5. The van der Waals surface area contributed by atoms with Gasteiger partial charge in [0, 0.05) is 15.7 Å². The second-order valence-corrected chi connectivity index (χ2v) is 9.55. The first kappa shape index (κ1) is 22.2. The molecule has 0 bridgehead atoms. The van der Waals surface area contributed by atoms with Gasteiger partial charge in [-0.05, 0) is 67.5 Å². The van der Waals surface area contributed by atoms with Crippen LogP contribution >= 0.6 is 63.0 Å². The van der Waals surface area contributed by atoms with Crippen molar-refractivity contribution in [3.05, 3.63) is 63.6 Å². The first-order valence-electron chi connectivity index (χ1n) is 7.84. The molecule has 2 aromatic carbocycles. The second-order valence-electron chi connectivity index (χ2n) is 5.86. The van der Waals surface area contributed by atoms with Crippen LogP contribution in [0.1, 0.15) is 21.5 Å². The zero-order valence-electron chi connectivity index (χ0n) is 14.4. The topological polar surface area (TPSA) is 53.2 Å². The average molecular weight is 510 g/mol. The van der Waals surface area contributed by atoms with Crippen LogP contribution in [-0.2, 0) is 0 Å². The van der Waals surface area contributed by atoms with E-state index in [4.69, 9.17) is 47.0 Å². The van der Waals surface area contributed by atoms with E-state index in [1.807, 2.05) is 38.1 Å². The molecular formula is C18H17BrCl3N3OS.